The number of nitrogens with one attached hydrogen (secondary N) is 1. The molecule has 1 N–H and O–H groups in total. The van der Waals surface area contributed by atoms with Crippen LogP contribution < -0.4 is 5.32 Å². The van der Waals surface area contributed by atoms with Crippen LogP contribution in [0.1, 0.15) is 40.0 Å². The second kappa shape index (κ2) is 5.05. The number of rotatable bonds is 2. The van der Waals surface area contributed by atoms with Gasteiger partial charge in [0.05, 0.1) is 5.92 Å². The smallest absolute Gasteiger partial charge is 0.236 e. The highest BCUT2D eigenvalue weighted by Gasteiger charge is 2.48. The molecule has 3 heteroatoms. The second-order valence-electron chi connectivity index (χ2n) is 7.52. The highest BCUT2D eigenvalue weighted by molar-refractivity contribution is 5.62. The summed E-state index contributed by atoms with van der Waals surface area (Å²) in [5, 5.41) is 3.55. The van der Waals surface area contributed by atoms with Gasteiger partial charge in [0.1, 0.15) is 0 Å². The molecule has 120 valence electrons. The lowest BCUT2D eigenvalue weighted by Crippen LogP contribution is -2.40. The molecule has 4 aliphatic rings. The number of fused-ring (bicyclic) bond motifs is 1. The Morgan fingerprint density at radius 2 is 2.22 bits per heavy atom. The Bertz CT molecular complexity index is 746. The molecule has 0 bridgehead atoms. The molecule has 0 spiro atoms. The number of hydrogen-bond donors (Lipinski definition) is 1. The van der Waals surface area contributed by atoms with Crippen molar-refractivity contribution in [1.82, 2.24) is 5.32 Å². The standard InChI is InChI=1S/C20H25N2O/c1-11(2)13(4)20-17-9-14-10-21-18-7-5-6-15(19(14)18)16(17)8-12(3)22(20)23/h7-8,11,17,20-21H,4-6,9-10H2,1-3H3/q+1. The lowest BCUT2D eigenvalue weighted by molar-refractivity contribution is -0.540. The predicted molar refractivity (Wildman–Crippen MR) is 92.6 cm³/mol. The van der Waals surface area contributed by atoms with Gasteiger partial charge in [-0.15, -0.1) is 0 Å². The third-order valence-corrected chi connectivity index (χ3v) is 5.84. The zero-order valence-corrected chi connectivity index (χ0v) is 14.3. The van der Waals surface area contributed by atoms with E-state index < -0.39 is 0 Å². The molecule has 3 nitrogen and oxygen atoms in total. The fourth-order valence-corrected chi connectivity index (χ4v) is 4.57. The summed E-state index contributed by atoms with van der Waals surface area (Å²) >= 11 is 0. The van der Waals surface area contributed by atoms with E-state index in [1.165, 1.54) is 32.7 Å². The average molecular weight is 309 g/mol. The molecule has 0 saturated carbocycles. The van der Waals surface area contributed by atoms with Gasteiger partial charge in [0.15, 0.2) is 0 Å². The molecule has 0 radical (unpaired) electrons. The van der Waals surface area contributed by atoms with Crippen molar-refractivity contribution in [2.24, 2.45) is 11.8 Å². The second-order valence-corrected chi connectivity index (χ2v) is 7.52. The molecule has 2 aliphatic heterocycles. The van der Waals surface area contributed by atoms with Gasteiger partial charge >= 0.3 is 0 Å². The molecule has 23 heavy (non-hydrogen) atoms. The summed E-state index contributed by atoms with van der Waals surface area (Å²) in [4.78, 5) is 12.8. The van der Waals surface area contributed by atoms with E-state index in [0.29, 0.717) is 5.92 Å². The summed E-state index contributed by atoms with van der Waals surface area (Å²) in [6, 6.07) is -0.119. The van der Waals surface area contributed by atoms with E-state index in [9.17, 15) is 4.91 Å². The van der Waals surface area contributed by atoms with Crippen LogP contribution in [0.5, 0.6) is 0 Å². The number of nitrogens with zero attached hydrogens (tertiary/aromatic N) is 1. The molecular weight excluding hydrogens is 284 g/mol. The van der Waals surface area contributed by atoms with Gasteiger partial charge < -0.3 is 5.32 Å². The van der Waals surface area contributed by atoms with Crippen molar-refractivity contribution < 1.29 is 4.76 Å². The van der Waals surface area contributed by atoms with Crippen molar-refractivity contribution in [3.05, 3.63) is 62.9 Å². The van der Waals surface area contributed by atoms with Crippen LogP contribution in [0.15, 0.2) is 58.0 Å². The highest BCUT2D eigenvalue weighted by atomic mass is 16.3. The van der Waals surface area contributed by atoms with Crippen molar-refractivity contribution >= 4 is 0 Å². The fraction of sp³-hybridized carbons (Fsp3) is 0.500. The first-order chi connectivity index (χ1) is 11.0. The summed E-state index contributed by atoms with van der Waals surface area (Å²) in [6.45, 7) is 11.4. The van der Waals surface area contributed by atoms with Gasteiger partial charge in [-0.3, -0.25) is 0 Å². The molecule has 0 saturated heterocycles. The van der Waals surface area contributed by atoms with E-state index in [1.54, 1.807) is 0 Å². The minimum Gasteiger partial charge on any atom is -0.381 e. The highest BCUT2D eigenvalue weighted by Crippen LogP contribution is 2.49. The maximum atomic E-state index is 12.8. The maximum Gasteiger partial charge on any atom is 0.236 e. The van der Waals surface area contributed by atoms with E-state index in [2.05, 4.69) is 37.9 Å². The summed E-state index contributed by atoms with van der Waals surface area (Å²) in [5.74, 6) is 0.589. The summed E-state index contributed by atoms with van der Waals surface area (Å²) < 4.78 is 1.21. The van der Waals surface area contributed by atoms with Crippen molar-refractivity contribution in [2.75, 3.05) is 6.54 Å². The van der Waals surface area contributed by atoms with Crippen molar-refractivity contribution in [2.45, 2.75) is 46.1 Å². The maximum absolute atomic E-state index is 12.8. The van der Waals surface area contributed by atoms with Gasteiger partial charge in [-0.2, -0.15) is 0 Å². The van der Waals surface area contributed by atoms with Gasteiger partial charge in [0.2, 0.25) is 11.7 Å². The van der Waals surface area contributed by atoms with Crippen molar-refractivity contribution in [3.8, 4) is 0 Å². The lowest BCUT2D eigenvalue weighted by Gasteiger charge is -2.35. The monoisotopic (exact) mass is 309 g/mol. The van der Waals surface area contributed by atoms with Crippen LogP contribution in [0.3, 0.4) is 0 Å². The largest absolute Gasteiger partial charge is 0.381 e. The average Bonchev–Trinajstić information content (AvgIpc) is 2.94. The first-order valence-corrected chi connectivity index (χ1v) is 8.72. The summed E-state index contributed by atoms with van der Waals surface area (Å²) in [6.07, 6.45) is 7.64. The van der Waals surface area contributed by atoms with E-state index in [-0.39, 0.29) is 12.0 Å². The van der Waals surface area contributed by atoms with E-state index >= 15 is 0 Å². The minimum atomic E-state index is -0.119. The first kappa shape index (κ1) is 14.7. The van der Waals surface area contributed by atoms with Crippen LogP contribution in [0.4, 0.5) is 0 Å². The molecule has 0 aromatic carbocycles. The van der Waals surface area contributed by atoms with Crippen LogP contribution in [-0.4, -0.2) is 17.3 Å². The van der Waals surface area contributed by atoms with Crippen LogP contribution in [0, 0.1) is 16.7 Å². The Kier molecular flexibility index (Phi) is 3.22. The molecule has 4 rings (SSSR count). The third kappa shape index (κ3) is 2.02. The molecule has 2 atom stereocenters. The van der Waals surface area contributed by atoms with Crippen LogP contribution in [0.2, 0.25) is 0 Å². The third-order valence-electron chi connectivity index (χ3n) is 5.84. The van der Waals surface area contributed by atoms with E-state index in [1.807, 2.05) is 6.92 Å². The molecular formula is C20H25N2O+. The minimum absolute atomic E-state index is 0.119. The summed E-state index contributed by atoms with van der Waals surface area (Å²) in [7, 11) is 0. The zero-order valence-electron chi connectivity index (χ0n) is 14.3. The predicted octanol–water partition coefficient (Wildman–Crippen LogP) is 4.16. The Hall–Kier alpha value is -1.90. The van der Waals surface area contributed by atoms with Crippen LogP contribution >= 0.6 is 0 Å². The Balaban J connectivity index is 1.88. The SMILES string of the molecule is C=C(C(C)C)C1C2CC3=C4C(=CCCC4=C2C=C(C)[N+]1=O)NC3. The molecule has 0 aromatic heterocycles. The topological polar surface area (TPSA) is 32.1 Å². The van der Waals surface area contributed by atoms with Gasteiger partial charge in [-0.1, -0.05) is 26.5 Å². The Labute approximate surface area is 138 Å². The van der Waals surface area contributed by atoms with Gasteiger partial charge in [-0.25, -0.2) is 0 Å². The van der Waals surface area contributed by atoms with Gasteiger partial charge in [0.25, 0.3) is 0 Å². The number of allylic oxidation sites excluding steroid dienone is 4. The molecule has 0 aromatic rings. The zero-order chi connectivity index (χ0) is 16.3. The molecule has 2 unspecified atom stereocenters. The number of nitroso groups, excluding NO2 is 1. The van der Waals surface area contributed by atoms with Crippen molar-refractivity contribution in [3.63, 3.8) is 0 Å². The van der Waals surface area contributed by atoms with Gasteiger partial charge in [-0.05, 0) is 47.5 Å². The normalized spacial score (nSPS) is 29.1. The fourth-order valence-electron chi connectivity index (χ4n) is 4.57. The van der Waals surface area contributed by atoms with Crippen molar-refractivity contribution in [1.29, 1.82) is 0 Å². The van der Waals surface area contributed by atoms with Crippen LogP contribution in [-0.2, 0) is 0 Å². The molecule has 2 heterocycles. The molecule has 0 amide bonds. The number of hydrogen-bond acceptors (Lipinski definition) is 2. The van der Waals surface area contributed by atoms with E-state index in [4.69, 9.17) is 0 Å². The molecule has 0 fully saturated rings. The Morgan fingerprint density at radius 1 is 1.43 bits per heavy atom. The van der Waals surface area contributed by atoms with Crippen LogP contribution in [0.25, 0.3) is 0 Å². The van der Waals surface area contributed by atoms with Gasteiger partial charge in [0, 0.05) is 40.5 Å². The quantitative estimate of drug-likeness (QED) is 0.613. The summed E-state index contributed by atoms with van der Waals surface area (Å²) in [5.41, 5.74) is 9.03. The van der Waals surface area contributed by atoms with E-state index in [0.717, 1.165) is 37.1 Å². The molecule has 2 aliphatic carbocycles. The lowest BCUT2D eigenvalue weighted by atomic mass is 9.69. The first-order valence-electron chi connectivity index (χ1n) is 8.72. The Morgan fingerprint density at radius 3 is 2.96 bits per heavy atom.